The van der Waals surface area contributed by atoms with E-state index in [9.17, 15) is 4.79 Å². The minimum atomic E-state index is -2.71. The third kappa shape index (κ3) is 8.89. The highest BCUT2D eigenvalue weighted by molar-refractivity contribution is 6.74. The number of hydrogen-bond acceptors (Lipinski definition) is 5. The second-order valence-corrected chi connectivity index (χ2v) is 28.4. The summed E-state index contributed by atoms with van der Waals surface area (Å²) in [7, 11) is -3.42. The van der Waals surface area contributed by atoms with Crippen LogP contribution in [0, 0.1) is 0 Å². The van der Waals surface area contributed by atoms with E-state index in [2.05, 4.69) is 85.2 Å². The molecule has 6 rings (SSSR count). The fraction of sp³-hybridized carbons (Fsp3) is 0.360. The molecule has 0 spiro atoms. The number of rotatable bonds is 13. The lowest BCUT2D eigenvalue weighted by Gasteiger charge is -2.45. The first kappa shape index (κ1) is 43.8. The number of carbonyl (C=O) groups excluding carboxylic acids is 2. The summed E-state index contributed by atoms with van der Waals surface area (Å²) < 4.78 is 20.8. The monoisotopic (exact) mass is 826 g/mol. The number of amides is 2. The summed E-state index contributed by atoms with van der Waals surface area (Å²) in [6.07, 6.45) is -2.32. The van der Waals surface area contributed by atoms with E-state index >= 15 is 4.79 Å². The highest BCUT2D eigenvalue weighted by atomic mass is 28.4. The van der Waals surface area contributed by atoms with E-state index in [0.29, 0.717) is 0 Å². The molecule has 9 heteroatoms. The molecule has 1 unspecified atom stereocenters. The van der Waals surface area contributed by atoms with Gasteiger partial charge in [-0.05, 0) is 64.1 Å². The molecule has 0 heterocycles. The van der Waals surface area contributed by atoms with Crippen molar-refractivity contribution in [1.82, 2.24) is 10.2 Å². The summed E-state index contributed by atoms with van der Waals surface area (Å²) in [6, 6.07) is 45.4. The van der Waals surface area contributed by atoms with Gasteiger partial charge in [-0.25, -0.2) is 4.79 Å². The Labute approximate surface area is 354 Å². The fourth-order valence-electron chi connectivity index (χ4n) is 7.31. The number of hydrogen-bond donors (Lipinski definition) is 1. The quantitative estimate of drug-likeness (QED) is 0.0945. The van der Waals surface area contributed by atoms with Crippen LogP contribution in [0.3, 0.4) is 0 Å². The fourth-order valence-corrected chi connectivity index (χ4v) is 9.58. The number of fused-ring (bicyclic) bond motifs is 3. The Morgan fingerprint density at radius 1 is 0.610 bits per heavy atom. The van der Waals surface area contributed by atoms with Gasteiger partial charge in [0.15, 0.2) is 22.7 Å². The third-order valence-electron chi connectivity index (χ3n) is 13.0. The van der Waals surface area contributed by atoms with Crippen molar-refractivity contribution in [2.45, 2.75) is 102 Å². The Morgan fingerprint density at radius 3 is 1.41 bits per heavy atom. The molecule has 0 saturated heterocycles. The largest absolute Gasteiger partial charge is 0.436 e. The van der Waals surface area contributed by atoms with Crippen LogP contribution in [0.2, 0.25) is 36.3 Å². The standard InChI is InChI=1S/C50H62N2O5Si2/c1-48(2,3)58(8,9)55-35-43(52(7)47(54)56-44-41-33-23-21-31-39(41)40-32-22-24-34-42(40)44)45(57-59(10,11)49(4,5)6)46(53)51-50(36-25-15-12-16-26-36,37-27-17-13-18-28-37)38-29-19-14-20-30-38/h12-34,43-45H,35H2,1-11H3,(H,51,53)/t43-,45?/m1/s1. The van der Waals surface area contributed by atoms with E-state index in [1.54, 1.807) is 11.9 Å². The Balaban J connectivity index is 1.49. The van der Waals surface area contributed by atoms with Crippen molar-refractivity contribution in [3.8, 4) is 11.1 Å². The summed E-state index contributed by atoms with van der Waals surface area (Å²) in [4.78, 5) is 32.2. The van der Waals surface area contributed by atoms with E-state index in [0.717, 1.165) is 38.9 Å². The van der Waals surface area contributed by atoms with E-state index < -0.39 is 46.5 Å². The van der Waals surface area contributed by atoms with Crippen LogP contribution in [-0.2, 0) is 23.9 Å². The number of carbonyl (C=O) groups is 2. The molecule has 1 aliphatic rings. The van der Waals surface area contributed by atoms with Crippen molar-refractivity contribution in [2.24, 2.45) is 0 Å². The van der Waals surface area contributed by atoms with Crippen molar-refractivity contribution in [2.75, 3.05) is 13.7 Å². The number of nitrogens with one attached hydrogen (secondary N) is 1. The SMILES string of the molecule is CN(C(=O)OC1c2ccccc2-c2ccccc21)[C@H](CO[Si](C)(C)C(C)(C)C)C(O[Si](C)(C)C(C)(C)C)C(=O)NC(c1ccccc1)(c1ccccc1)c1ccccc1. The van der Waals surface area contributed by atoms with E-state index in [1.807, 2.05) is 127 Å². The third-order valence-corrected chi connectivity index (χ3v) is 21.9. The lowest BCUT2D eigenvalue weighted by molar-refractivity contribution is -0.133. The van der Waals surface area contributed by atoms with Gasteiger partial charge in [-0.3, -0.25) is 4.79 Å². The molecule has 7 nitrogen and oxygen atoms in total. The molecule has 0 radical (unpaired) electrons. The number of benzene rings is 5. The van der Waals surface area contributed by atoms with Gasteiger partial charge in [-0.15, -0.1) is 0 Å². The van der Waals surface area contributed by atoms with E-state index in [4.69, 9.17) is 13.6 Å². The Morgan fingerprint density at radius 2 is 1.00 bits per heavy atom. The average molecular weight is 827 g/mol. The molecule has 0 saturated carbocycles. The number of nitrogens with zero attached hydrogens (tertiary/aromatic N) is 1. The van der Waals surface area contributed by atoms with Crippen molar-refractivity contribution in [3.63, 3.8) is 0 Å². The normalized spacial score (nSPS) is 14.5. The summed E-state index contributed by atoms with van der Waals surface area (Å²) in [6.45, 7) is 21.8. The van der Waals surface area contributed by atoms with Gasteiger partial charge >= 0.3 is 6.09 Å². The van der Waals surface area contributed by atoms with Crippen molar-refractivity contribution in [3.05, 3.63) is 167 Å². The van der Waals surface area contributed by atoms with Crippen LogP contribution < -0.4 is 5.32 Å². The van der Waals surface area contributed by atoms with Crippen LogP contribution in [0.5, 0.6) is 0 Å². The second kappa shape index (κ2) is 17.0. The predicted octanol–water partition coefficient (Wildman–Crippen LogP) is 11.7. The topological polar surface area (TPSA) is 77.1 Å². The molecule has 1 N–H and O–H groups in total. The molecule has 0 fully saturated rings. The van der Waals surface area contributed by atoms with Gasteiger partial charge in [0.2, 0.25) is 0 Å². The van der Waals surface area contributed by atoms with Gasteiger partial charge in [-0.1, -0.05) is 181 Å². The Kier molecular flexibility index (Phi) is 12.6. The first-order chi connectivity index (χ1) is 27.8. The molecule has 310 valence electrons. The number of ether oxygens (including phenoxy) is 1. The second-order valence-electron chi connectivity index (χ2n) is 18.8. The van der Waals surface area contributed by atoms with Crippen LogP contribution >= 0.6 is 0 Å². The minimum Gasteiger partial charge on any atom is -0.436 e. The summed E-state index contributed by atoms with van der Waals surface area (Å²) in [5.41, 5.74) is 5.48. The number of likely N-dealkylation sites (N-methyl/N-ethyl adjacent to an activating group) is 1. The van der Waals surface area contributed by atoms with Gasteiger partial charge in [-0.2, -0.15) is 0 Å². The van der Waals surface area contributed by atoms with Crippen LogP contribution in [0.4, 0.5) is 4.79 Å². The zero-order valence-electron chi connectivity index (χ0n) is 36.7. The zero-order chi connectivity index (χ0) is 42.8. The maximum atomic E-state index is 15.8. The lowest BCUT2D eigenvalue weighted by atomic mass is 9.76. The van der Waals surface area contributed by atoms with Gasteiger partial charge in [0.25, 0.3) is 5.91 Å². The van der Waals surface area contributed by atoms with Crippen LogP contribution in [0.1, 0.15) is 75.5 Å². The summed E-state index contributed by atoms with van der Waals surface area (Å²) >= 11 is 0. The predicted molar refractivity (Wildman–Crippen MR) is 244 cm³/mol. The zero-order valence-corrected chi connectivity index (χ0v) is 38.7. The lowest BCUT2D eigenvalue weighted by Crippen LogP contribution is -2.62. The smallest absolute Gasteiger partial charge is 0.410 e. The summed E-state index contributed by atoms with van der Waals surface area (Å²) in [5, 5.41) is 3.20. The van der Waals surface area contributed by atoms with Crippen LogP contribution in [0.15, 0.2) is 140 Å². The average Bonchev–Trinajstić information content (AvgIpc) is 3.52. The summed E-state index contributed by atoms with van der Waals surface area (Å²) in [5.74, 6) is -0.355. The molecule has 1 aliphatic carbocycles. The van der Waals surface area contributed by atoms with Crippen molar-refractivity contribution in [1.29, 1.82) is 0 Å². The molecule has 0 bridgehead atoms. The minimum absolute atomic E-state index is 0.0711. The molecular weight excluding hydrogens is 765 g/mol. The van der Waals surface area contributed by atoms with Gasteiger partial charge in [0.1, 0.15) is 11.6 Å². The van der Waals surface area contributed by atoms with Crippen molar-refractivity contribution < 1.29 is 23.2 Å². The molecule has 2 amide bonds. The highest BCUT2D eigenvalue weighted by Gasteiger charge is 2.49. The first-order valence-electron chi connectivity index (χ1n) is 20.7. The first-order valence-corrected chi connectivity index (χ1v) is 26.5. The highest BCUT2D eigenvalue weighted by Crippen LogP contribution is 2.46. The molecular formula is C50H62N2O5Si2. The van der Waals surface area contributed by atoms with E-state index in [-0.39, 0.29) is 22.6 Å². The molecule has 59 heavy (non-hydrogen) atoms. The molecule has 0 aromatic heterocycles. The van der Waals surface area contributed by atoms with Gasteiger partial charge in [0, 0.05) is 18.2 Å². The maximum absolute atomic E-state index is 15.8. The molecule has 0 aliphatic heterocycles. The van der Waals surface area contributed by atoms with Crippen LogP contribution in [-0.4, -0.2) is 59.3 Å². The van der Waals surface area contributed by atoms with E-state index in [1.165, 1.54) is 0 Å². The molecule has 2 atom stereocenters. The molecule has 5 aromatic rings. The van der Waals surface area contributed by atoms with Gasteiger partial charge < -0.3 is 23.8 Å². The van der Waals surface area contributed by atoms with Gasteiger partial charge in [0.05, 0.1) is 12.6 Å². The maximum Gasteiger partial charge on any atom is 0.410 e. The Hall–Kier alpha value is -4.81. The molecule has 5 aromatic carbocycles. The Bertz CT molecular complexity index is 2070. The van der Waals surface area contributed by atoms with Crippen LogP contribution in [0.25, 0.3) is 11.1 Å². The van der Waals surface area contributed by atoms with Crippen molar-refractivity contribution >= 4 is 28.6 Å².